The van der Waals surface area contributed by atoms with Gasteiger partial charge in [0.15, 0.2) is 0 Å². The lowest BCUT2D eigenvalue weighted by molar-refractivity contribution is 0.0283. The predicted molar refractivity (Wildman–Crippen MR) is 57.4 cm³/mol. The Morgan fingerprint density at radius 1 is 1.44 bits per heavy atom. The van der Waals surface area contributed by atoms with Crippen molar-refractivity contribution in [1.29, 1.82) is 0 Å². The second-order valence-corrected chi connectivity index (χ2v) is 4.53. The van der Waals surface area contributed by atoms with Gasteiger partial charge in [-0.1, -0.05) is 29.8 Å². The highest BCUT2D eigenvalue weighted by molar-refractivity contribution is 6.31. The van der Waals surface area contributed by atoms with Crippen LogP contribution in [0.3, 0.4) is 0 Å². The number of benzene rings is 1. The van der Waals surface area contributed by atoms with E-state index in [1.807, 2.05) is 0 Å². The van der Waals surface area contributed by atoms with Crippen molar-refractivity contribution in [1.82, 2.24) is 0 Å². The van der Waals surface area contributed by atoms with Crippen LogP contribution in [0, 0.1) is 5.92 Å². The number of halogens is 3. The number of hydrogen-bond acceptors (Lipinski definition) is 2. The third-order valence-electron chi connectivity index (χ3n) is 3.07. The monoisotopic (exact) mass is 247 g/mol. The molecule has 2 rings (SSSR count). The predicted octanol–water partition coefficient (Wildman–Crippen LogP) is 2.14. The maximum absolute atomic E-state index is 13.1. The number of aliphatic hydroxyl groups excluding tert-OH is 1. The molecule has 2 unspecified atom stereocenters. The smallest absolute Gasteiger partial charge is 0.260 e. The molecule has 0 bridgehead atoms. The largest absolute Gasteiger partial charge is 0.393 e. The third kappa shape index (κ3) is 1.71. The molecule has 16 heavy (non-hydrogen) atoms. The van der Waals surface area contributed by atoms with Gasteiger partial charge in [-0.3, -0.25) is 0 Å². The molecule has 0 radical (unpaired) electrons. The molecule has 2 nitrogen and oxygen atoms in total. The molecule has 5 heteroatoms. The lowest BCUT2D eigenvalue weighted by Crippen LogP contribution is -2.47. The first kappa shape index (κ1) is 11.8. The summed E-state index contributed by atoms with van der Waals surface area (Å²) >= 11 is 5.88. The Labute approximate surface area is 97.0 Å². The summed E-state index contributed by atoms with van der Waals surface area (Å²) in [4.78, 5) is 0. The standard InChI is InChI=1S/C11H12ClF2NO/c12-8-4-2-1-3-6(8)11(15,10(13)14)7-5-9(7)16/h1-4,7,9-10,16H,5,15H2/t7-,9?,11?/m1/s1. The Bertz CT molecular complexity index is 401. The van der Waals surface area contributed by atoms with Gasteiger partial charge in [0.2, 0.25) is 0 Å². The van der Waals surface area contributed by atoms with E-state index in [0.29, 0.717) is 6.42 Å². The molecule has 1 aliphatic carbocycles. The Kier molecular flexibility index (Phi) is 2.90. The van der Waals surface area contributed by atoms with Crippen molar-refractivity contribution in [3.8, 4) is 0 Å². The molecule has 3 atom stereocenters. The first-order valence-corrected chi connectivity index (χ1v) is 5.35. The van der Waals surface area contributed by atoms with E-state index in [4.69, 9.17) is 17.3 Å². The topological polar surface area (TPSA) is 46.2 Å². The second-order valence-electron chi connectivity index (χ2n) is 4.12. The molecular weight excluding hydrogens is 236 g/mol. The van der Waals surface area contributed by atoms with Crippen LogP contribution in [-0.4, -0.2) is 17.6 Å². The fourth-order valence-corrected chi connectivity index (χ4v) is 2.29. The van der Waals surface area contributed by atoms with Crippen LogP contribution in [0.4, 0.5) is 8.78 Å². The van der Waals surface area contributed by atoms with E-state index < -0.39 is 24.0 Å². The van der Waals surface area contributed by atoms with Gasteiger partial charge in [0, 0.05) is 10.9 Å². The van der Waals surface area contributed by atoms with Gasteiger partial charge in [-0.25, -0.2) is 8.78 Å². The van der Waals surface area contributed by atoms with Gasteiger partial charge in [-0.15, -0.1) is 0 Å². The van der Waals surface area contributed by atoms with Crippen molar-refractivity contribution < 1.29 is 13.9 Å². The van der Waals surface area contributed by atoms with Gasteiger partial charge in [0.25, 0.3) is 6.43 Å². The lowest BCUT2D eigenvalue weighted by Gasteiger charge is -2.30. The Hall–Kier alpha value is -0.710. The van der Waals surface area contributed by atoms with Crippen molar-refractivity contribution in [2.45, 2.75) is 24.5 Å². The molecule has 1 aromatic carbocycles. The SMILES string of the molecule is NC(c1ccccc1Cl)(C(F)F)[C@@H]1CC1O. The zero-order chi connectivity index (χ0) is 11.9. The first-order chi connectivity index (χ1) is 7.48. The summed E-state index contributed by atoms with van der Waals surface area (Å²) in [5.41, 5.74) is 4.12. The van der Waals surface area contributed by atoms with Gasteiger partial charge in [0.05, 0.1) is 6.10 Å². The third-order valence-corrected chi connectivity index (χ3v) is 3.40. The molecule has 3 N–H and O–H groups in total. The second kappa shape index (κ2) is 3.95. The van der Waals surface area contributed by atoms with Crippen LogP contribution in [0.5, 0.6) is 0 Å². The average molecular weight is 248 g/mol. The summed E-state index contributed by atoms with van der Waals surface area (Å²) < 4.78 is 26.2. The molecule has 88 valence electrons. The van der Waals surface area contributed by atoms with Crippen LogP contribution in [-0.2, 0) is 5.54 Å². The molecule has 0 saturated heterocycles. The van der Waals surface area contributed by atoms with Gasteiger partial charge in [-0.2, -0.15) is 0 Å². The maximum atomic E-state index is 13.1. The van der Waals surface area contributed by atoms with E-state index in [0.717, 1.165) is 0 Å². The number of rotatable bonds is 3. The number of alkyl halides is 2. The van der Waals surface area contributed by atoms with Gasteiger partial charge in [0.1, 0.15) is 5.54 Å². The van der Waals surface area contributed by atoms with Crippen LogP contribution >= 0.6 is 11.6 Å². The number of hydrogen-bond donors (Lipinski definition) is 2. The van der Waals surface area contributed by atoms with Crippen LogP contribution in [0.1, 0.15) is 12.0 Å². The van der Waals surface area contributed by atoms with E-state index in [1.54, 1.807) is 12.1 Å². The molecule has 1 saturated carbocycles. The molecular formula is C11H12ClF2NO. The molecule has 1 aromatic rings. The van der Waals surface area contributed by atoms with Crippen molar-refractivity contribution in [2.24, 2.45) is 11.7 Å². The molecule has 0 aliphatic heterocycles. The van der Waals surface area contributed by atoms with Crippen LogP contribution in [0.15, 0.2) is 24.3 Å². The Morgan fingerprint density at radius 2 is 2.00 bits per heavy atom. The lowest BCUT2D eigenvalue weighted by atomic mass is 9.86. The number of aliphatic hydroxyl groups is 1. The van der Waals surface area contributed by atoms with E-state index in [2.05, 4.69) is 0 Å². The zero-order valence-electron chi connectivity index (χ0n) is 8.41. The summed E-state index contributed by atoms with van der Waals surface area (Å²) in [6, 6.07) is 6.27. The summed E-state index contributed by atoms with van der Waals surface area (Å²) in [6.45, 7) is 0. The van der Waals surface area contributed by atoms with Gasteiger partial charge in [-0.05, 0) is 18.1 Å². The van der Waals surface area contributed by atoms with Gasteiger partial charge < -0.3 is 10.8 Å². The summed E-state index contributed by atoms with van der Waals surface area (Å²) in [5.74, 6) is -0.618. The van der Waals surface area contributed by atoms with Crippen molar-refractivity contribution >= 4 is 11.6 Å². The highest BCUT2D eigenvalue weighted by Crippen LogP contribution is 2.49. The van der Waals surface area contributed by atoms with E-state index >= 15 is 0 Å². The number of nitrogens with two attached hydrogens (primary N) is 1. The minimum atomic E-state index is -2.76. The van der Waals surface area contributed by atoms with Crippen LogP contribution in [0.2, 0.25) is 5.02 Å². The average Bonchev–Trinajstić information content (AvgIpc) is 2.95. The molecule has 0 heterocycles. The minimum Gasteiger partial charge on any atom is -0.393 e. The fraction of sp³-hybridized carbons (Fsp3) is 0.455. The molecule has 1 aliphatic rings. The first-order valence-electron chi connectivity index (χ1n) is 4.98. The van der Waals surface area contributed by atoms with Crippen molar-refractivity contribution in [3.63, 3.8) is 0 Å². The molecule has 0 aromatic heterocycles. The molecule has 1 fully saturated rings. The Morgan fingerprint density at radius 3 is 2.44 bits per heavy atom. The quantitative estimate of drug-likeness (QED) is 0.860. The molecule has 0 spiro atoms. The van der Waals surface area contributed by atoms with E-state index in [-0.39, 0.29) is 10.6 Å². The maximum Gasteiger partial charge on any atom is 0.260 e. The highest BCUT2D eigenvalue weighted by Gasteiger charge is 2.56. The Balaban J connectivity index is 2.44. The zero-order valence-corrected chi connectivity index (χ0v) is 9.16. The normalized spacial score (nSPS) is 27.9. The van der Waals surface area contributed by atoms with Crippen LogP contribution < -0.4 is 5.73 Å². The van der Waals surface area contributed by atoms with E-state index in [9.17, 15) is 13.9 Å². The summed E-state index contributed by atoms with van der Waals surface area (Å²) in [7, 11) is 0. The van der Waals surface area contributed by atoms with Gasteiger partial charge >= 0.3 is 0 Å². The van der Waals surface area contributed by atoms with E-state index in [1.165, 1.54) is 12.1 Å². The van der Waals surface area contributed by atoms with Crippen molar-refractivity contribution in [3.05, 3.63) is 34.9 Å². The van der Waals surface area contributed by atoms with Crippen molar-refractivity contribution in [2.75, 3.05) is 0 Å². The summed E-state index contributed by atoms with van der Waals surface area (Å²) in [6.07, 6.45) is -3.21. The minimum absolute atomic E-state index is 0.202. The molecule has 0 amide bonds. The van der Waals surface area contributed by atoms with Crippen LogP contribution in [0.25, 0.3) is 0 Å². The highest BCUT2D eigenvalue weighted by atomic mass is 35.5. The fourth-order valence-electron chi connectivity index (χ4n) is 1.99. The summed E-state index contributed by atoms with van der Waals surface area (Å²) in [5, 5.41) is 9.52.